The Bertz CT molecular complexity index is 722. The van der Waals surface area contributed by atoms with E-state index in [1.165, 1.54) is 12.1 Å². The predicted molar refractivity (Wildman–Crippen MR) is 84.3 cm³/mol. The minimum absolute atomic E-state index is 0.0900. The molecule has 23 heavy (non-hydrogen) atoms. The minimum Gasteiger partial charge on any atom is -0.366 e. The molecular formula is C18H17FN2O2. The third kappa shape index (κ3) is 3.56. The summed E-state index contributed by atoms with van der Waals surface area (Å²) >= 11 is 0. The molecule has 0 aromatic heterocycles. The summed E-state index contributed by atoms with van der Waals surface area (Å²) in [5.74, 6) is -0.901. The number of carbonyl (C=O) groups is 2. The van der Waals surface area contributed by atoms with E-state index in [0.717, 1.165) is 18.4 Å². The highest BCUT2D eigenvalue weighted by molar-refractivity contribution is 5.97. The summed E-state index contributed by atoms with van der Waals surface area (Å²) in [6, 6.07) is 12.7. The molecule has 0 heterocycles. The zero-order valence-electron chi connectivity index (χ0n) is 12.5. The van der Waals surface area contributed by atoms with E-state index >= 15 is 0 Å². The van der Waals surface area contributed by atoms with Gasteiger partial charge < -0.3 is 10.6 Å². The second kappa shape index (κ2) is 6.20. The standard InChI is InChI=1S/C18H17FN2O2/c19-15-7-1-12(2-8-15)11-21(16-9-10-16)18(23)14-5-3-13(4-6-14)17(20)22/h1-8,16H,9-11H2,(H2,20,22). The molecule has 0 bridgehead atoms. The van der Waals surface area contributed by atoms with Crippen molar-refractivity contribution in [2.24, 2.45) is 5.73 Å². The van der Waals surface area contributed by atoms with Gasteiger partial charge in [-0.05, 0) is 54.8 Å². The van der Waals surface area contributed by atoms with Crippen molar-refractivity contribution in [3.63, 3.8) is 0 Å². The Morgan fingerprint density at radius 2 is 1.57 bits per heavy atom. The number of rotatable bonds is 5. The maximum atomic E-state index is 13.0. The summed E-state index contributed by atoms with van der Waals surface area (Å²) < 4.78 is 13.0. The molecule has 1 aliphatic rings. The molecule has 0 saturated heterocycles. The molecule has 2 aromatic rings. The van der Waals surface area contributed by atoms with E-state index in [-0.39, 0.29) is 17.8 Å². The van der Waals surface area contributed by atoms with E-state index in [1.54, 1.807) is 41.3 Å². The van der Waals surface area contributed by atoms with Crippen molar-refractivity contribution < 1.29 is 14.0 Å². The third-order valence-electron chi connectivity index (χ3n) is 3.93. The topological polar surface area (TPSA) is 63.4 Å². The molecule has 2 N–H and O–H groups in total. The van der Waals surface area contributed by atoms with Crippen molar-refractivity contribution in [1.82, 2.24) is 4.90 Å². The molecule has 0 spiro atoms. The lowest BCUT2D eigenvalue weighted by atomic mass is 10.1. The second-order valence-electron chi connectivity index (χ2n) is 5.73. The van der Waals surface area contributed by atoms with Crippen LogP contribution >= 0.6 is 0 Å². The Labute approximate surface area is 133 Å². The maximum absolute atomic E-state index is 13.0. The van der Waals surface area contributed by atoms with Crippen LogP contribution < -0.4 is 5.73 Å². The zero-order chi connectivity index (χ0) is 16.4. The van der Waals surface area contributed by atoms with Gasteiger partial charge >= 0.3 is 0 Å². The number of carbonyl (C=O) groups excluding carboxylic acids is 2. The molecule has 2 amide bonds. The Kier molecular flexibility index (Phi) is 4.10. The normalized spacial score (nSPS) is 13.6. The van der Waals surface area contributed by atoms with Crippen LogP contribution in [0.2, 0.25) is 0 Å². The van der Waals surface area contributed by atoms with Crippen LogP contribution in [0.5, 0.6) is 0 Å². The second-order valence-corrected chi connectivity index (χ2v) is 5.73. The molecule has 3 rings (SSSR count). The fourth-order valence-corrected chi connectivity index (χ4v) is 2.48. The number of primary amides is 1. The molecule has 4 nitrogen and oxygen atoms in total. The number of benzene rings is 2. The van der Waals surface area contributed by atoms with Gasteiger partial charge in [-0.25, -0.2) is 4.39 Å². The van der Waals surface area contributed by atoms with Gasteiger partial charge in [-0.15, -0.1) is 0 Å². The van der Waals surface area contributed by atoms with Crippen LogP contribution in [-0.4, -0.2) is 22.8 Å². The van der Waals surface area contributed by atoms with Gasteiger partial charge in [0.05, 0.1) is 0 Å². The Balaban J connectivity index is 1.78. The molecule has 2 aromatic carbocycles. The molecule has 0 atom stereocenters. The van der Waals surface area contributed by atoms with Crippen LogP contribution in [0.15, 0.2) is 48.5 Å². The highest BCUT2D eigenvalue weighted by atomic mass is 19.1. The molecule has 1 saturated carbocycles. The zero-order valence-corrected chi connectivity index (χ0v) is 12.5. The first kappa shape index (κ1) is 15.2. The number of nitrogens with two attached hydrogens (primary N) is 1. The molecular weight excluding hydrogens is 295 g/mol. The quantitative estimate of drug-likeness (QED) is 0.922. The first-order valence-corrected chi connectivity index (χ1v) is 7.50. The SMILES string of the molecule is NC(=O)c1ccc(C(=O)N(Cc2ccc(F)cc2)C2CC2)cc1. The summed E-state index contributed by atoms with van der Waals surface area (Å²) in [7, 11) is 0. The van der Waals surface area contributed by atoms with E-state index in [4.69, 9.17) is 5.73 Å². The van der Waals surface area contributed by atoms with Gasteiger partial charge in [0, 0.05) is 23.7 Å². The van der Waals surface area contributed by atoms with E-state index < -0.39 is 5.91 Å². The first-order valence-electron chi connectivity index (χ1n) is 7.50. The molecule has 1 aliphatic carbocycles. The molecule has 0 aliphatic heterocycles. The fraction of sp³-hybridized carbons (Fsp3) is 0.222. The fourth-order valence-electron chi connectivity index (χ4n) is 2.48. The van der Waals surface area contributed by atoms with Crippen molar-refractivity contribution in [2.45, 2.75) is 25.4 Å². The number of halogens is 1. The van der Waals surface area contributed by atoms with Crippen molar-refractivity contribution in [1.29, 1.82) is 0 Å². The van der Waals surface area contributed by atoms with Crippen LogP contribution in [0.1, 0.15) is 39.1 Å². The van der Waals surface area contributed by atoms with Gasteiger partial charge in [0.15, 0.2) is 0 Å². The monoisotopic (exact) mass is 312 g/mol. The van der Waals surface area contributed by atoms with Crippen LogP contribution in [0.4, 0.5) is 4.39 Å². The molecule has 0 unspecified atom stereocenters. The Morgan fingerprint density at radius 3 is 2.09 bits per heavy atom. The lowest BCUT2D eigenvalue weighted by Gasteiger charge is -2.23. The van der Waals surface area contributed by atoms with Crippen molar-refractivity contribution >= 4 is 11.8 Å². The Hall–Kier alpha value is -2.69. The maximum Gasteiger partial charge on any atom is 0.254 e. The summed E-state index contributed by atoms with van der Waals surface area (Å²) in [6.07, 6.45) is 1.96. The van der Waals surface area contributed by atoms with Gasteiger partial charge in [0.25, 0.3) is 5.91 Å². The van der Waals surface area contributed by atoms with Gasteiger partial charge in [0.2, 0.25) is 5.91 Å². The van der Waals surface area contributed by atoms with Crippen molar-refractivity contribution in [3.05, 3.63) is 71.0 Å². The average molecular weight is 312 g/mol. The lowest BCUT2D eigenvalue weighted by molar-refractivity contribution is 0.0729. The highest BCUT2D eigenvalue weighted by Gasteiger charge is 2.33. The summed E-state index contributed by atoms with van der Waals surface area (Å²) in [6.45, 7) is 0.446. The van der Waals surface area contributed by atoms with Crippen LogP contribution in [0.25, 0.3) is 0 Å². The minimum atomic E-state index is -0.519. The molecule has 5 heteroatoms. The van der Waals surface area contributed by atoms with Gasteiger partial charge in [-0.2, -0.15) is 0 Å². The molecule has 118 valence electrons. The van der Waals surface area contributed by atoms with E-state index in [9.17, 15) is 14.0 Å². The van der Waals surface area contributed by atoms with Crippen LogP contribution in [0.3, 0.4) is 0 Å². The largest absolute Gasteiger partial charge is 0.366 e. The smallest absolute Gasteiger partial charge is 0.254 e. The average Bonchev–Trinajstić information content (AvgIpc) is 3.38. The van der Waals surface area contributed by atoms with Gasteiger partial charge in [-0.1, -0.05) is 12.1 Å². The molecule has 0 radical (unpaired) electrons. The van der Waals surface area contributed by atoms with Crippen molar-refractivity contribution in [2.75, 3.05) is 0 Å². The summed E-state index contributed by atoms with van der Waals surface area (Å²) in [5.41, 5.74) is 6.99. The third-order valence-corrected chi connectivity index (χ3v) is 3.93. The van der Waals surface area contributed by atoms with Crippen molar-refractivity contribution in [3.8, 4) is 0 Å². The van der Waals surface area contributed by atoms with E-state index in [1.807, 2.05) is 0 Å². The Morgan fingerprint density at radius 1 is 1.00 bits per heavy atom. The number of hydrogen-bond acceptors (Lipinski definition) is 2. The number of amides is 2. The lowest BCUT2D eigenvalue weighted by Crippen LogP contribution is -2.32. The van der Waals surface area contributed by atoms with E-state index in [0.29, 0.717) is 17.7 Å². The van der Waals surface area contributed by atoms with Gasteiger partial charge in [0.1, 0.15) is 5.82 Å². The highest BCUT2D eigenvalue weighted by Crippen LogP contribution is 2.30. The van der Waals surface area contributed by atoms with E-state index in [2.05, 4.69) is 0 Å². The molecule has 1 fully saturated rings. The number of hydrogen-bond donors (Lipinski definition) is 1. The van der Waals surface area contributed by atoms with Crippen LogP contribution in [0, 0.1) is 5.82 Å². The predicted octanol–water partition coefficient (Wildman–Crippen LogP) is 2.73. The number of nitrogens with zero attached hydrogens (tertiary/aromatic N) is 1. The summed E-state index contributed by atoms with van der Waals surface area (Å²) in [5, 5.41) is 0. The van der Waals surface area contributed by atoms with Gasteiger partial charge in [-0.3, -0.25) is 9.59 Å². The van der Waals surface area contributed by atoms with Crippen LogP contribution in [-0.2, 0) is 6.54 Å². The summed E-state index contributed by atoms with van der Waals surface area (Å²) in [4.78, 5) is 25.6. The first-order chi connectivity index (χ1) is 11.0.